The van der Waals surface area contributed by atoms with E-state index in [1.807, 2.05) is 6.07 Å². The van der Waals surface area contributed by atoms with Crippen molar-refractivity contribution in [1.29, 1.82) is 0 Å². The van der Waals surface area contributed by atoms with Gasteiger partial charge in [0.2, 0.25) is 5.91 Å². The summed E-state index contributed by atoms with van der Waals surface area (Å²) in [5.41, 5.74) is 1.69. The zero-order valence-electron chi connectivity index (χ0n) is 13.0. The lowest BCUT2D eigenvalue weighted by Gasteiger charge is -2.10. The molecule has 0 fully saturated rings. The highest BCUT2D eigenvalue weighted by Gasteiger charge is 2.05. The first-order valence-corrected chi connectivity index (χ1v) is 8.41. The lowest BCUT2D eigenvalue weighted by molar-refractivity contribution is -0.119. The van der Waals surface area contributed by atoms with Crippen LogP contribution in [-0.2, 0) is 11.2 Å². The van der Waals surface area contributed by atoms with E-state index < -0.39 is 0 Å². The topological polar surface area (TPSA) is 50.4 Å². The molecule has 2 N–H and O–H groups in total. The third-order valence-corrected chi connectivity index (χ3v) is 4.22. The second-order valence-electron chi connectivity index (χ2n) is 5.04. The predicted molar refractivity (Wildman–Crippen MR) is 99.7 cm³/mol. The summed E-state index contributed by atoms with van der Waals surface area (Å²) in [5, 5.41) is 7.52. The molecule has 2 aromatic carbocycles. The number of ether oxygens (including phenoxy) is 1. The Balaban J connectivity index is 1.76. The highest BCUT2D eigenvalue weighted by molar-refractivity contribution is 6.35. The van der Waals surface area contributed by atoms with E-state index >= 15 is 0 Å². The first-order chi connectivity index (χ1) is 11.5. The Bertz CT molecular complexity index is 723. The number of halogens is 3. The maximum atomic E-state index is 11.9. The molecule has 24 heavy (non-hydrogen) atoms. The van der Waals surface area contributed by atoms with Gasteiger partial charge < -0.3 is 15.4 Å². The van der Waals surface area contributed by atoms with E-state index in [1.54, 1.807) is 37.4 Å². The monoisotopic (exact) mass is 386 g/mol. The zero-order chi connectivity index (χ0) is 17.5. The van der Waals surface area contributed by atoms with E-state index in [0.717, 1.165) is 11.3 Å². The highest BCUT2D eigenvalue weighted by Crippen LogP contribution is 2.27. The lowest BCUT2D eigenvalue weighted by atomic mass is 10.1. The lowest BCUT2D eigenvalue weighted by Crippen LogP contribution is -2.31. The van der Waals surface area contributed by atoms with Gasteiger partial charge in [0.05, 0.1) is 18.7 Å². The fourth-order valence-corrected chi connectivity index (χ4v) is 2.84. The average molecular weight is 388 g/mol. The summed E-state index contributed by atoms with van der Waals surface area (Å²) in [4.78, 5) is 11.9. The van der Waals surface area contributed by atoms with Gasteiger partial charge in [-0.3, -0.25) is 4.79 Å². The molecule has 0 aliphatic carbocycles. The summed E-state index contributed by atoms with van der Waals surface area (Å²) < 4.78 is 5.08. The number of nitrogens with one attached hydrogen (secondary N) is 2. The van der Waals surface area contributed by atoms with E-state index in [9.17, 15) is 4.79 Å². The quantitative estimate of drug-likeness (QED) is 0.739. The van der Waals surface area contributed by atoms with Gasteiger partial charge in [-0.15, -0.1) is 0 Å². The van der Waals surface area contributed by atoms with Gasteiger partial charge in [-0.25, -0.2) is 0 Å². The van der Waals surface area contributed by atoms with Crippen LogP contribution in [0.1, 0.15) is 5.56 Å². The van der Waals surface area contributed by atoms with Crippen LogP contribution >= 0.6 is 34.8 Å². The van der Waals surface area contributed by atoms with Gasteiger partial charge >= 0.3 is 0 Å². The molecule has 0 atom stereocenters. The smallest absolute Gasteiger partial charge is 0.239 e. The molecule has 0 heterocycles. The van der Waals surface area contributed by atoms with Crippen LogP contribution in [0, 0.1) is 0 Å². The molecular formula is C17H17Cl3N2O2. The molecule has 1 amide bonds. The summed E-state index contributed by atoms with van der Waals surface area (Å²) in [5.74, 6) is 0.471. The number of carbonyl (C=O) groups excluding carboxylic acids is 1. The number of hydrogen-bond donors (Lipinski definition) is 2. The molecule has 4 nitrogen and oxygen atoms in total. The molecule has 0 aliphatic rings. The fraction of sp³-hybridized carbons (Fsp3) is 0.235. The number of rotatable bonds is 7. The SMILES string of the molecule is COc1ccc(NCC(=O)NCCc2ccc(Cl)cc2Cl)cc1Cl. The summed E-state index contributed by atoms with van der Waals surface area (Å²) in [6, 6.07) is 10.6. The van der Waals surface area contributed by atoms with Crippen molar-refractivity contribution in [3.8, 4) is 5.75 Å². The summed E-state index contributed by atoms with van der Waals surface area (Å²) in [7, 11) is 1.55. The molecule has 0 bridgehead atoms. The molecular weight excluding hydrogens is 371 g/mol. The minimum absolute atomic E-state index is 0.118. The Hall–Kier alpha value is -1.62. The first kappa shape index (κ1) is 18.7. The molecule has 2 rings (SSSR count). The maximum absolute atomic E-state index is 11.9. The van der Waals surface area contributed by atoms with E-state index in [4.69, 9.17) is 39.5 Å². The van der Waals surface area contributed by atoms with Crippen molar-refractivity contribution in [2.45, 2.75) is 6.42 Å². The second kappa shape index (κ2) is 9.02. The second-order valence-corrected chi connectivity index (χ2v) is 6.29. The molecule has 0 saturated heterocycles. The van der Waals surface area contributed by atoms with Crippen molar-refractivity contribution in [2.24, 2.45) is 0 Å². The van der Waals surface area contributed by atoms with Gasteiger partial charge in [-0.05, 0) is 42.3 Å². The van der Waals surface area contributed by atoms with Gasteiger partial charge in [-0.2, -0.15) is 0 Å². The van der Waals surface area contributed by atoms with E-state index in [0.29, 0.717) is 33.8 Å². The minimum Gasteiger partial charge on any atom is -0.495 e. The number of amides is 1. The molecule has 0 unspecified atom stereocenters. The normalized spacial score (nSPS) is 10.3. The van der Waals surface area contributed by atoms with Gasteiger partial charge in [0, 0.05) is 22.3 Å². The maximum Gasteiger partial charge on any atom is 0.239 e. The van der Waals surface area contributed by atoms with Crippen molar-refractivity contribution in [2.75, 3.05) is 25.5 Å². The number of anilines is 1. The Morgan fingerprint density at radius 1 is 1.08 bits per heavy atom. The third-order valence-electron chi connectivity index (χ3n) is 3.34. The van der Waals surface area contributed by atoms with Crippen LogP contribution in [-0.4, -0.2) is 26.1 Å². The van der Waals surface area contributed by atoms with E-state index in [2.05, 4.69) is 10.6 Å². The zero-order valence-corrected chi connectivity index (χ0v) is 15.3. The third kappa shape index (κ3) is 5.48. The van der Waals surface area contributed by atoms with Crippen LogP contribution in [0.5, 0.6) is 5.75 Å². The first-order valence-electron chi connectivity index (χ1n) is 7.27. The summed E-state index contributed by atoms with van der Waals surface area (Å²) in [6.45, 7) is 0.641. The standard InChI is InChI=1S/C17H17Cl3N2O2/c1-24-16-5-4-13(9-15(16)20)22-10-17(23)21-7-6-11-2-3-12(18)8-14(11)19/h2-5,8-9,22H,6-7,10H2,1H3,(H,21,23). The summed E-state index contributed by atoms with van der Waals surface area (Å²) in [6.07, 6.45) is 0.635. The average Bonchev–Trinajstić information content (AvgIpc) is 2.55. The van der Waals surface area contributed by atoms with E-state index in [1.165, 1.54) is 0 Å². The molecule has 0 spiro atoms. The Morgan fingerprint density at radius 3 is 2.54 bits per heavy atom. The minimum atomic E-state index is -0.118. The van der Waals surface area contributed by atoms with Gasteiger partial charge in [0.1, 0.15) is 5.75 Å². The van der Waals surface area contributed by atoms with Gasteiger partial charge in [0.15, 0.2) is 0 Å². The van der Waals surface area contributed by atoms with E-state index in [-0.39, 0.29) is 12.5 Å². The van der Waals surface area contributed by atoms with Crippen molar-refractivity contribution in [3.05, 3.63) is 57.0 Å². The number of hydrogen-bond acceptors (Lipinski definition) is 3. The van der Waals surface area contributed by atoms with Crippen LogP contribution in [0.25, 0.3) is 0 Å². The summed E-state index contributed by atoms with van der Waals surface area (Å²) >= 11 is 18.0. The molecule has 7 heteroatoms. The van der Waals surface area contributed by atoms with Crippen molar-refractivity contribution in [3.63, 3.8) is 0 Å². The fourth-order valence-electron chi connectivity index (χ4n) is 2.08. The molecule has 0 saturated carbocycles. The van der Waals surface area contributed by atoms with Crippen molar-refractivity contribution < 1.29 is 9.53 Å². The molecule has 0 aromatic heterocycles. The van der Waals surface area contributed by atoms with Crippen LogP contribution < -0.4 is 15.4 Å². The van der Waals surface area contributed by atoms with Crippen LogP contribution in [0.4, 0.5) is 5.69 Å². The van der Waals surface area contributed by atoms with Crippen LogP contribution in [0.2, 0.25) is 15.1 Å². The van der Waals surface area contributed by atoms with Crippen molar-refractivity contribution in [1.82, 2.24) is 5.32 Å². The highest BCUT2D eigenvalue weighted by atomic mass is 35.5. The number of carbonyl (C=O) groups is 1. The van der Waals surface area contributed by atoms with Crippen LogP contribution in [0.3, 0.4) is 0 Å². The van der Waals surface area contributed by atoms with Gasteiger partial charge in [0.25, 0.3) is 0 Å². The molecule has 0 radical (unpaired) electrons. The Kier molecular flexibility index (Phi) is 7.03. The van der Waals surface area contributed by atoms with Crippen molar-refractivity contribution >= 4 is 46.4 Å². The molecule has 128 valence electrons. The largest absolute Gasteiger partial charge is 0.495 e. The Labute approximate surface area is 156 Å². The number of methoxy groups -OCH3 is 1. The van der Waals surface area contributed by atoms with Crippen LogP contribution in [0.15, 0.2) is 36.4 Å². The predicted octanol–water partition coefficient (Wildman–Crippen LogP) is 4.43. The molecule has 0 aliphatic heterocycles. The number of benzene rings is 2. The van der Waals surface area contributed by atoms with Gasteiger partial charge in [-0.1, -0.05) is 40.9 Å². The Morgan fingerprint density at radius 2 is 1.88 bits per heavy atom. The molecule has 2 aromatic rings.